The molecule has 71 heavy (non-hydrogen) atoms. The van der Waals surface area contributed by atoms with Crippen LogP contribution in [0.3, 0.4) is 0 Å². The van der Waals surface area contributed by atoms with E-state index in [9.17, 15) is 38.4 Å². The van der Waals surface area contributed by atoms with Gasteiger partial charge < -0.3 is 26.2 Å². The van der Waals surface area contributed by atoms with Gasteiger partial charge in [0.1, 0.15) is 11.6 Å². The van der Waals surface area contributed by atoms with E-state index in [2.05, 4.69) is 16.0 Å². The van der Waals surface area contributed by atoms with Gasteiger partial charge in [0, 0.05) is 60.5 Å². The van der Waals surface area contributed by atoms with Crippen molar-refractivity contribution in [1.82, 2.24) is 10.2 Å². The van der Waals surface area contributed by atoms with Crippen molar-refractivity contribution >= 4 is 163 Å². The number of anilines is 4. The number of benzene rings is 4. The molecule has 16 nitrogen and oxygen atoms in total. The van der Waals surface area contributed by atoms with Crippen LogP contribution >= 0.6 is 92.8 Å². The Morgan fingerprint density at radius 2 is 1.18 bits per heavy atom. The number of Topliss-reactive ketones (excluding diaryl/α,β-unsaturated/α-hetero) is 1. The van der Waals surface area contributed by atoms with Crippen molar-refractivity contribution in [3.8, 4) is 0 Å². The minimum atomic E-state index is -1.35. The van der Waals surface area contributed by atoms with E-state index in [1.54, 1.807) is 19.1 Å². The third-order valence-corrected chi connectivity index (χ3v) is 14.0. The lowest BCUT2D eigenvalue weighted by Crippen LogP contribution is -2.54. The fourth-order valence-corrected chi connectivity index (χ4v) is 11.7. The van der Waals surface area contributed by atoms with Gasteiger partial charge in [-0.05, 0) is 106 Å². The average molecular weight is 1130 g/mol. The fraction of sp³-hybridized carbons (Fsp3) is 0.277. The van der Waals surface area contributed by atoms with E-state index in [1.807, 2.05) is 4.90 Å². The first-order valence-electron chi connectivity index (χ1n) is 21.5. The van der Waals surface area contributed by atoms with Crippen molar-refractivity contribution in [3.05, 3.63) is 124 Å². The van der Waals surface area contributed by atoms with Crippen molar-refractivity contribution in [3.63, 3.8) is 0 Å². The van der Waals surface area contributed by atoms with Crippen molar-refractivity contribution in [2.45, 2.75) is 50.2 Å². The highest BCUT2D eigenvalue weighted by molar-refractivity contribution is 6.54. The molecule has 4 aromatic carbocycles. The quantitative estimate of drug-likeness (QED) is 0.0958. The van der Waals surface area contributed by atoms with Crippen LogP contribution in [-0.4, -0.2) is 94.1 Å². The summed E-state index contributed by atoms with van der Waals surface area (Å²) in [6.45, 7) is 3.38. The topological polar surface area (TPSA) is 223 Å². The molecule has 24 heteroatoms. The van der Waals surface area contributed by atoms with Gasteiger partial charge in [-0.25, -0.2) is 9.80 Å². The van der Waals surface area contributed by atoms with Gasteiger partial charge in [-0.15, -0.1) is 0 Å². The Kier molecular flexibility index (Phi) is 16.8. The van der Waals surface area contributed by atoms with Gasteiger partial charge in [-0.3, -0.25) is 43.3 Å². The number of fused-ring (bicyclic) bond motifs is 8. The number of nitrogens with zero attached hydrogens (tertiary/aromatic N) is 3. The van der Waals surface area contributed by atoms with Gasteiger partial charge >= 0.3 is 5.97 Å². The molecule has 372 valence electrons. The van der Waals surface area contributed by atoms with Crippen molar-refractivity contribution in [2.75, 3.05) is 40.1 Å². The molecule has 5 atom stereocenters. The van der Waals surface area contributed by atoms with E-state index in [1.165, 1.54) is 60.7 Å². The Morgan fingerprint density at radius 1 is 0.662 bits per heavy atom. The number of carbonyl (C=O) groups is 8. The summed E-state index contributed by atoms with van der Waals surface area (Å²) in [5.41, 5.74) is 0.911. The molecular weight excluding hydrogens is 1090 g/mol. The number of aliphatic hydroxyl groups excluding tert-OH is 1. The molecule has 0 bridgehead atoms. The summed E-state index contributed by atoms with van der Waals surface area (Å²) in [7, 11) is 0. The molecule has 11 rings (SSSR count). The number of hydrogen-bond acceptors (Lipinski definition) is 11. The highest BCUT2D eigenvalue weighted by Gasteiger charge is 2.75. The molecule has 0 aliphatic carbocycles. The van der Waals surface area contributed by atoms with Crippen LogP contribution in [0.4, 0.5) is 22.7 Å². The molecule has 6 amide bonds. The van der Waals surface area contributed by atoms with Crippen LogP contribution in [0.1, 0.15) is 48.5 Å². The molecule has 4 saturated heterocycles. The maximum Gasteiger partial charge on any atom is 0.320 e. The van der Waals surface area contributed by atoms with Gasteiger partial charge in [-0.2, -0.15) is 0 Å². The molecule has 7 aliphatic rings. The lowest BCUT2D eigenvalue weighted by molar-refractivity contribution is -0.139. The first-order chi connectivity index (χ1) is 33.6. The van der Waals surface area contributed by atoms with Crippen LogP contribution < -0.4 is 25.8 Å². The molecule has 4 aromatic rings. The van der Waals surface area contributed by atoms with Crippen molar-refractivity contribution in [2.24, 2.45) is 11.8 Å². The second kappa shape index (κ2) is 22.1. The third kappa shape index (κ3) is 10.5. The van der Waals surface area contributed by atoms with Crippen LogP contribution in [0.5, 0.6) is 0 Å². The van der Waals surface area contributed by atoms with E-state index < -0.39 is 52.8 Å². The number of carboxylic acids is 1. The summed E-state index contributed by atoms with van der Waals surface area (Å²) in [5.74, 6) is -5.50. The summed E-state index contributed by atoms with van der Waals surface area (Å²) in [6, 6.07) is 14.7. The van der Waals surface area contributed by atoms with Crippen LogP contribution in [-0.2, 0) is 39.1 Å². The summed E-state index contributed by atoms with van der Waals surface area (Å²) >= 11 is 48.0. The van der Waals surface area contributed by atoms with Gasteiger partial charge in [0.25, 0.3) is 29.4 Å². The largest absolute Gasteiger partial charge is 0.480 e. The first kappa shape index (κ1) is 54.0. The molecule has 7 heterocycles. The Balaban J connectivity index is 0.000000157. The fourth-order valence-electron chi connectivity index (χ4n) is 9.54. The summed E-state index contributed by atoms with van der Waals surface area (Å²) in [4.78, 5) is 100. The molecule has 0 aromatic heterocycles. The van der Waals surface area contributed by atoms with E-state index in [0.717, 1.165) is 35.6 Å². The molecule has 4 fully saturated rings. The minimum Gasteiger partial charge on any atom is -0.480 e. The minimum absolute atomic E-state index is 0.238. The van der Waals surface area contributed by atoms with E-state index in [4.69, 9.17) is 103 Å². The van der Waals surface area contributed by atoms with Crippen molar-refractivity contribution in [1.29, 1.82) is 0 Å². The lowest BCUT2D eigenvalue weighted by atomic mass is 9.75. The molecule has 7 aliphatic heterocycles. The number of imide groups is 2. The Hall–Kier alpha value is -4.82. The third-order valence-electron chi connectivity index (χ3n) is 12.1. The predicted molar refractivity (Wildman–Crippen MR) is 271 cm³/mol. The van der Waals surface area contributed by atoms with Crippen LogP contribution in [0, 0.1) is 11.8 Å². The van der Waals surface area contributed by atoms with Gasteiger partial charge in [0.05, 0.1) is 50.2 Å². The van der Waals surface area contributed by atoms with Crippen molar-refractivity contribution < 1.29 is 48.6 Å². The number of aliphatic hydroxyl groups is 1. The molecule has 5 N–H and O–H groups in total. The van der Waals surface area contributed by atoms with Crippen LogP contribution in [0.15, 0.2) is 72.8 Å². The average Bonchev–Trinajstić information content (AvgIpc) is 4.16. The maximum absolute atomic E-state index is 13.9. The summed E-state index contributed by atoms with van der Waals surface area (Å²) < 4.78 is 0. The molecule has 4 unspecified atom stereocenters. The highest BCUT2D eigenvalue weighted by atomic mass is 35.5. The zero-order chi connectivity index (χ0) is 51.8. The molecule has 0 saturated carbocycles. The number of carboxylic acid groups (broad SMARTS) is 1. The number of ketones is 1. The Bertz CT molecular complexity index is 2890. The monoisotopic (exact) mass is 1130 g/mol. The zero-order valence-electron chi connectivity index (χ0n) is 36.7. The Labute approximate surface area is 445 Å². The molecule has 0 radical (unpaired) electrons. The Morgan fingerprint density at radius 3 is 1.70 bits per heavy atom. The van der Waals surface area contributed by atoms with E-state index >= 15 is 0 Å². The summed E-state index contributed by atoms with van der Waals surface area (Å²) in [6.07, 6.45) is 5.72. The number of hydrogen-bond donors (Lipinski definition) is 5. The second-order valence-electron chi connectivity index (χ2n) is 16.4. The zero-order valence-corrected chi connectivity index (χ0v) is 42.8. The number of amides is 6. The second-order valence-corrected chi connectivity index (χ2v) is 19.9. The number of halogens is 8. The van der Waals surface area contributed by atoms with Crippen LogP contribution in [0.25, 0.3) is 0 Å². The number of carbonyl (C=O) groups excluding carboxylic acids is 7. The standard InChI is InChI=1S/C22H15Cl4N3O3.C10H5Cl2NO2.C8H3Cl2NO2.C5H9NO2.C2H6O/c23-9-4-10(24)6-12(5-9)29-19(30)16-15-2-1-3-28(15)22(17(16)20(29)31)13-7-11(25)8-14(26)18(13)27-21(22)32;11-6-3-7(12)5-8(4-6)13-9(14)1-2-10(13)15;9-3-1-4-6(5(10)2-3)11-8(13)7(4)12;7-5(8)4-2-1-3-6-4;1-2-3/h4-8,15-17H,1-3H2,(H,27,32);1-5H;1-2H,(H,11,12,13);4,6H,1-3H2,(H,7,8);3H,2H2,1H3/t;;;4-;/m...0./s1. The number of aliphatic carboxylic acids is 1. The van der Waals surface area contributed by atoms with Gasteiger partial charge in [0.2, 0.25) is 11.8 Å². The van der Waals surface area contributed by atoms with Gasteiger partial charge in [0.15, 0.2) is 0 Å². The molecular formula is C47H38Cl8N6O10. The van der Waals surface area contributed by atoms with E-state index in [-0.39, 0.29) is 41.1 Å². The van der Waals surface area contributed by atoms with E-state index in [0.29, 0.717) is 76.4 Å². The van der Waals surface area contributed by atoms with Gasteiger partial charge in [-0.1, -0.05) is 92.8 Å². The maximum atomic E-state index is 13.9. The van der Waals surface area contributed by atoms with Crippen LogP contribution in [0.2, 0.25) is 40.2 Å². The first-order valence-corrected chi connectivity index (χ1v) is 24.5. The number of nitrogens with one attached hydrogen (secondary N) is 3. The number of rotatable bonds is 3. The summed E-state index contributed by atoms with van der Waals surface area (Å²) in [5, 5.41) is 26.7. The highest BCUT2D eigenvalue weighted by Crippen LogP contribution is 2.62. The lowest BCUT2D eigenvalue weighted by Gasteiger charge is -2.36. The SMILES string of the molecule is CCO.O=C(O)[C@@H]1CCCN1.O=C1C2C3CCCN3C3(C(=O)Nc4c(Cl)cc(Cl)cc43)C2C(=O)N1c1cc(Cl)cc(Cl)c1.O=C1C=CC(=O)N1c1cc(Cl)cc(Cl)c1.O=C1Nc2c(Cl)cc(Cl)cc2C1=O. The normalized spacial score (nSPS) is 23.2. The smallest absolute Gasteiger partial charge is 0.320 e. The predicted octanol–water partition coefficient (Wildman–Crippen LogP) is 9.10. The molecule has 1 spiro atoms.